The Morgan fingerprint density at radius 2 is 1.90 bits per heavy atom. The summed E-state index contributed by atoms with van der Waals surface area (Å²) in [5.41, 5.74) is 5.61. The number of benzene rings is 3. The van der Waals surface area contributed by atoms with Gasteiger partial charge >= 0.3 is 0 Å². The van der Waals surface area contributed by atoms with Crippen LogP contribution in [0.5, 0.6) is 0 Å². The number of nitrogens with zero attached hydrogens (tertiary/aromatic N) is 1. The number of rotatable bonds is 3. The molecule has 0 saturated carbocycles. The standard InChI is InChI=1S/C23H18ClN3O2S/c1-13-6-9-20-19(10-13)25-22(29-20)16-8-7-14(2)18(12-16)26-23(30)27-21(28)15-4-3-5-17(24)11-15/h3-12H,1-2H3,(H2,26,27,28,30). The average molecular weight is 436 g/mol. The van der Waals surface area contributed by atoms with Gasteiger partial charge in [-0.1, -0.05) is 29.8 Å². The van der Waals surface area contributed by atoms with Crippen molar-refractivity contribution in [3.63, 3.8) is 0 Å². The largest absolute Gasteiger partial charge is 0.436 e. The summed E-state index contributed by atoms with van der Waals surface area (Å²) in [4.78, 5) is 17.0. The van der Waals surface area contributed by atoms with E-state index >= 15 is 0 Å². The van der Waals surface area contributed by atoms with Gasteiger partial charge in [-0.15, -0.1) is 0 Å². The van der Waals surface area contributed by atoms with Crippen LogP contribution in [0.2, 0.25) is 5.02 Å². The van der Waals surface area contributed by atoms with Crippen molar-refractivity contribution in [3.05, 3.63) is 82.4 Å². The van der Waals surface area contributed by atoms with Crippen molar-refractivity contribution in [2.45, 2.75) is 13.8 Å². The SMILES string of the molecule is Cc1ccc2oc(-c3ccc(C)c(NC(=S)NC(=O)c4cccc(Cl)c4)c3)nc2c1. The number of hydrogen-bond donors (Lipinski definition) is 2. The van der Waals surface area contributed by atoms with E-state index < -0.39 is 0 Å². The Labute approximate surface area is 184 Å². The molecule has 150 valence electrons. The zero-order valence-electron chi connectivity index (χ0n) is 16.3. The number of carbonyl (C=O) groups excluding carboxylic acids is 1. The fourth-order valence-electron chi connectivity index (χ4n) is 3.01. The van der Waals surface area contributed by atoms with Crippen molar-refractivity contribution >= 4 is 51.6 Å². The lowest BCUT2D eigenvalue weighted by atomic mass is 10.1. The smallest absolute Gasteiger partial charge is 0.257 e. The Morgan fingerprint density at radius 1 is 1.07 bits per heavy atom. The van der Waals surface area contributed by atoms with Gasteiger partial charge in [0, 0.05) is 21.8 Å². The predicted octanol–water partition coefficient (Wildman–Crippen LogP) is 5.89. The summed E-state index contributed by atoms with van der Waals surface area (Å²) in [6.45, 7) is 3.96. The quantitative estimate of drug-likeness (QED) is 0.392. The Morgan fingerprint density at radius 3 is 2.70 bits per heavy atom. The second kappa shape index (κ2) is 8.26. The Bertz CT molecular complexity index is 1280. The summed E-state index contributed by atoms with van der Waals surface area (Å²) in [7, 11) is 0. The van der Waals surface area contributed by atoms with Gasteiger partial charge in [0.1, 0.15) is 5.52 Å². The number of hydrogen-bond acceptors (Lipinski definition) is 4. The van der Waals surface area contributed by atoms with E-state index in [1.807, 2.05) is 50.2 Å². The maximum absolute atomic E-state index is 12.4. The molecule has 0 aliphatic rings. The first kappa shape index (κ1) is 20.1. The number of oxazole rings is 1. The highest BCUT2D eigenvalue weighted by molar-refractivity contribution is 7.80. The van der Waals surface area contributed by atoms with Gasteiger partial charge in [-0.05, 0) is 79.7 Å². The molecule has 0 spiro atoms. The highest BCUT2D eigenvalue weighted by Crippen LogP contribution is 2.28. The molecule has 0 aliphatic carbocycles. The number of thiocarbonyl (C=S) groups is 1. The van der Waals surface area contributed by atoms with Crippen LogP contribution in [0.25, 0.3) is 22.6 Å². The molecule has 2 N–H and O–H groups in total. The molecule has 4 aromatic rings. The Balaban J connectivity index is 1.54. The van der Waals surface area contributed by atoms with Crippen LogP contribution in [0, 0.1) is 13.8 Å². The van der Waals surface area contributed by atoms with Gasteiger partial charge in [0.2, 0.25) is 5.89 Å². The van der Waals surface area contributed by atoms with E-state index in [0.717, 1.165) is 33.5 Å². The van der Waals surface area contributed by atoms with Crippen LogP contribution in [0.1, 0.15) is 21.5 Å². The van der Waals surface area contributed by atoms with Gasteiger partial charge < -0.3 is 9.73 Å². The van der Waals surface area contributed by atoms with Gasteiger partial charge in [-0.3, -0.25) is 10.1 Å². The van der Waals surface area contributed by atoms with Crippen molar-refractivity contribution in [1.29, 1.82) is 0 Å². The minimum atomic E-state index is -0.335. The molecule has 0 radical (unpaired) electrons. The Hall–Kier alpha value is -3.22. The Kier molecular flexibility index (Phi) is 5.53. The maximum atomic E-state index is 12.4. The van der Waals surface area contributed by atoms with E-state index in [1.54, 1.807) is 24.3 Å². The third-order valence-corrected chi connectivity index (χ3v) is 5.03. The van der Waals surface area contributed by atoms with Gasteiger partial charge in [0.25, 0.3) is 5.91 Å². The molecular formula is C23H18ClN3O2S. The topological polar surface area (TPSA) is 67.2 Å². The molecule has 3 aromatic carbocycles. The lowest BCUT2D eigenvalue weighted by Crippen LogP contribution is -2.34. The summed E-state index contributed by atoms with van der Waals surface area (Å²) < 4.78 is 5.89. The molecular weight excluding hydrogens is 418 g/mol. The van der Waals surface area contributed by atoms with E-state index in [1.165, 1.54) is 0 Å². The average Bonchev–Trinajstić information content (AvgIpc) is 3.12. The second-order valence-electron chi connectivity index (χ2n) is 6.94. The molecule has 0 atom stereocenters. The maximum Gasteiger partial charge on any atom is 0.257 e. The minimum absolute atomic E-state index is 0.188. The molecule has 30 heavy (non-hydrogen) atoms. The number of aromatic nitrogens is 1. The fraction of sp³-hybridized carbons (Fsp3) is 0.0870. The number of aryl methyl sites for hydroxylation is 2. The molecule has 0 saturated heterocycles. The molecule has 0 fully saturated rings. The van der Waals surface area contributed by atoms with E-state index in [4.69, 9.17) is 28.2 Å². The predicted molar refractivity (Wildman–Crippen MR) is 124 cm³/mol. The molecule has 1 heterocycles. The van der Waals surface area contributed by atoms with Crippen LogP contribution in [-0.2, 0) is 0 Å². The molecule has 4 rings (SSSR count). The molecule has 0 bridgehead atoms. The lowest BCUT2D eigenvalue weighted by molar-refractivity contribution is 0.0977. The zero-order valence-corrected chi connectivity index (χ0v) is 17.9. The second-order valence-corrected chi connectivity index (χ2v) is 7.78. The number of nitrogens with one attached hydrogen (secondary N) is 2. The van der Waals surface area contributed by atoms with Crippen LogP contribution in [0.15, 0.2) is 65.1 Å². The van der Waals surface area contributed by atoms with E-state index in [0.29, 0.717) is 16.5 Å². The number of fused-ring (bicyclic) bond motifs is 1. The van der Waals surface area contributed by atoms with Crippen molar-refractivity contribution < 1.29 is 9.21 Å². The number of anilines is 1. The zero-order chi connectivity index (χ0) is 21.3. The summed E-state index contributed by atoms with van der Waals surface area (Å²) >= 11 is 11.3. The van der Waals surface area contributed by atoms with Crippen molar-refractivity contribution in [2.24, 2.45) is 0 Å². The molecule has 0 unspecified atom stereocenters. The summed E-state index contributed by atoms with van der Waals surface area (Å²) in [6, 6.07) is 18.3. The van der Waals surface area contributed by atoms with Crippen molar-refractivity contribution in [2.75, 3.05) is 5.32 Å². The number of halogens is 1. The lowest BCUT2D eigenvalue weighted by Gasteiger charge is -2.12. The van der Waals surface area contributed by atoms with E-state index in [9.17, 15) is 4.79 Å². The normalized spacial score (nSPS) is 10.8. The monoisotopic (exact) mass is 435 g/mol. The van der Waals surface area contributed by atoms with Crippen LogP contribution in [-0.4, -0.2) is 16.0 Å². The number of amides is 1. The van der Waals surface area contributed by atoms with Crippen LogP contribution in [0.4, 0.5) is 5.69 Å². The fourth-order valence-corrected chi connectivity index (χ4v) is 3.40. The van der Waals surface area contributed by atoms with Crippen LogP contribution in [0.3, 0.4) is 0 Å². The van der Waals surface area contributed by atoms with Crippen molar-refractivity contribution in [1.82, 2.24) is 10.3 Å². The first-order chi connectivity index (χ1) is 14.4. The van der Waals surface area contributed by atoms with Crippen LogP contribution < -0.4 is 10.6 Å². The molecule has 1 aromatic heterocycles. The van der Waals surface area contributed by atoms with Gasteiger partial charge in [0.05, 0.1) is 0 Å². The summed E-state index contributed by atoms with van der Waals surface area (Å²) in [6.07, 6.45) is 0. The van der Waals surface area contributed by atoms with Crippen molar-refractivity contribution in [3.8, 4) is 11.5 Å². The van der Waals surface area contributed by atoms with Gasteiger partial charge in [-0.25, -0.2) is 4.98 Å². The minimum Gasteiger partial charge on any atom is -0.436 e. The van der Waals surface area contributed by atoms with Gasteiger partial charge in [-0.2, -0.15) is 0 Å². The first-order valence-corrected chi connectivity index (χ1v) is 10.0. The first-order valence-electron chi connectivity index (χ1n) is 9.25. The van der Waals surface area contributed by atoms with E-state index in [-0.39, 0.29) is 11.0 Å². The van der Waals surface area contributed by atoms with Crippen LogP contribution >= 0.6 is 23.8 Å². The molecule has 7 heteroatoms. The summed E-state index contributed by atoms with van der Waals surface area (Å²) in [5.74, 6) is 0.186. The van der Waals surface area contributed by atoms with Gasteiger partial charge in [0.15, 0.2) is 10.7 Å². The number of carbonyl (C=O) groups is 1. The molecule has 5 nitrogen and oxygen atoms in total. The highest BCUT2D eigenvalue weighted by atomic mass is 35.5. The highest BCUT2D eigenvalue weighted by Gasteiger charge is 2.12. The third-order valence-electron chi connectivity index (χ3n) is 4.59. The molecule has 0 aliphatic heterocycles. The molecule has 1 amide bonds. The summed E-state index contributed by atoms with van der Waals surface area (Å²) in [5, 5.41) is 6.42. The van der Waals surface area contributed by atoms with E-state index in [2.05, 4.69) is 15.6 Å². The third kappa shape index (κ3) is 4.35.